The molecule has 0 unspecified atom stereocenters. The van der Waals surface area contributed by atoms with E-state index >= 15 is 0 Å². The van der Waals surface area contributed by atoms with Gasteiger partial charge in [-0.05, 0) is 44.3 Å². The number of hydrogen-bond acceptors (Lipinski definition) is 6. The smallest absolute Gasteiger partial charge is 0.255 e. The molecule has 0 bridgehead atoms. The monoisotopic (exact) mass is 384 g/mol. The van der Waals surface area contributed by atoms with Crippen LogP contribution in [0.2, 0.25) is 5.02 Å². The lowest BCUT2D eigenvalue weighted by Crippen LogP contribution is -2.45. The first kappa shape index (κ1) is 20.8. The fourth-order valence-corrected chi connectivity index (χ4v) is 3.18. The second kappa shape index (κ2) is 10.6. The summed E-state index contributed by atoms with van der Waals surface area (Å²) in [6.07, 6.45) is 1.11. The van der Waals surface area contributed by atoms with Crippen LogP contribution in [0.25, 0.3) is 0 Å². The Bertz CT molecular complexity index is 592. The number of primary amides is 1. The van der Waals surface area contributed by atoms with Crippen LogP contribution in [0.4, 0.5) is 0 Å². The molecule has 0 saturated carbocycles. The van der Waals surface area contributed by atoms with Crippen molar-refractivity contribution in [2.45, 2.75) is 13.0 Å². The fourth-order valence-electron chi connectivity index (χ4n) is 2.89. The zero-order chi connectivity index (χ0) is 18.9. The van der Waals surface area contributed by atoms with Crippen molar-refractivity contribution in [2.75, 3.05) is 60.0 Å². The molecule has 7 nitrogen and oxygen atoms in total. The number of hydrogen-bond donors (Lipinski definition) is 2. The van der Waals surface area contributed by atoms with Crippen molar-refractivity contribution in [1.29, 1.82) is 0 Å². The molecule has 26 heavy (non-hydrogen) atoms. The molecule has 0 aliphatic carbocycles. The maximum Gasteiger partial charge on any atom is 0.255 e. The van der Waals surface area contributed by atoms with E-state index in [4.69, 9.17) is 26.8 Å². The number of piperazine rings is 1. The lowest BCUT2D eigenvalue weighted by molar-refractivity contribution is -0.119. The lowest BCUT2D eigenvalue weighted by Gasteiger charge is -2.32. The number of ether oxygens (including phenoxy) is 2. The first-order valence-electron chi connectivity index (χ1n) is 8.88. The molecule has 146 valence electrons. The topological polar surface area (TPSA) is 80.1 Å². The predicted molar refractivity (Wildman–Crippen MR) is 103 cm³/mol. The molecule has 1 aliphatic heterocycles. The van der Waals surface area contributed by atoms with E-state index in [1.54, 1.807) is 0 Å². The van der Waals surface area contributed by atoms with Crippen molar-refractivity contribution in [3.63, 3.8) is 0 Å². The third kappa shape index (κ3) is 6.64. The number of nitrogens with zero attached hydrogens (tertiary/aromatic N) is 2. The van der Waals surface area contributed by atoms with Crippen molar-refractivity contribution in [3.05, 3.63) is 22.7 Å². The molecule has 0 spiro atoms. The highest BCUT2D eigenvalue weighted by Crippen LogP contribution is 2.36. The second-order valence-electron chi connectivity index (χ2n) is 6.54. The Kier molecular flexibility index (Phi) is 8.44. The van der Waals surface area contributed by atoms with Gasteiger partial charge in [-0.15, -0.1) is 0 Å². The summed E-state index contributed by atoms with van der Waals surface area (Å²) in [7, 11) is 3.71. The maximum atomic E-state index is 10.9. The van der Waals surface area contributed by atoms with E-state index in [9.17, 15) is 4.79 Å². The number of carbonyl (C=O) groups excluding carboxylic acids is 1. The number of halogens is 1. The van der Waals surface area contributed by atoms with Crippen molar-refractivity contribution in [1.82, 2.24) is 15.1 Å². The summed E-state index contributed by atoms with van der Waals surface area (Å²) in [5.41, 5.74) is 6.10. The molecule has 1 aliphatic rings. The average molecular weight is 385 g/mol. The Labute approximate surface area is 160 Å². The summed E-state index contributed by atoms with van der Waals surface area (Å²) in [6, 6.07) is 3.67. The van der Waals surface area contributed by atoms with E-state index in [2.05, 4.69) is 22.2 Å². The molecule has 2 rings (SSSR count). The van der Waals surface area contributed by atoms with Gasteiger partial charge in [0.15, 0.2) is 18.1 Å². The third-order valence-electron chi connectivity index (χ3n) is 4.40. The molecule has 1 saturated heterocycles. The van der Waals surface area contributed by atoms with Gasteiger partial charge in [-0.1, -0.05) is 11.6 Å². The Morgan fingerprint density at radius 3 is 2.69 bits per heavy atom. The highest BCUT2D eigenvalue weighted by atomic mass is 35.5. The Hall–Kier alpha value is -1.54. The summed E-state index contributed by atoms with van der Waals surface area (Å²) in [6.45, 7) is 7.10. The fraction of sp³-hybridized carbons (Fsp3) is 0.611. The standard InChI is InChI=1S/C18H29ClN4O3/c1-22-6-8-23(9-7-22)5-3-4-21-12-14-10-15(19)18(16(11-14)25-2)26-13-17(20)24/h10-11,21H,3-9,12-13H2,1-2H3,(H2,20,24). The SMILES string of the molecule is COc1cc(CNCCCN2CCN(C)CC2)cc(Cl)c1OCC(N)=O. The normalized spacial score (nSPS) is 15.8. The summed E-state index contributed by atoms with van der Waals surface area (Å²) < 4.78 is 10.6. The Balaban J connectivity index is 1.76. The van der Waals surface area contributed by atoms with Gasteiger partial charge in [0.25, 0.3) is 5.91 Å². The van der Waals surface area contributed by atoms with Crippen LogP contribution in [0.15, 0.2) is 12.1 Å². The van der Waals surface area contributed by atoms with E-state index in [1.807, 2.05) is 12.1 Å². The average Bonchev–Trinajstić information content (AvgIpc) is 2.61. The van der Waals surface area contributed by atoms with E-state index in [0.717, 1.165) is 51.3 Å². The molecule has 1 amide bonds. The van der Waals surface area contributed by atoms with Gasteiger partial charge in [0.2, 0.25) is 0 Å². The van der Waals surface area contributed by atoms with Crippen molar-refractivity contribution in [2.24, 2.45) is 5.73 Å². The zero-order valence-electron chi connectivity index (χ0n) is 15.6. The summed E-state index contributed by atoms with van der Waals surface area (Å²) in [4.78, 5) is 15.8. The maximum absolute atomic E-state index is 10.9. The van der Waals surface area contributed by atoms with Crippen LogP contribution in [0, 0.1) is 0 Å². The molecular formula is C18H29ClN4O3. The van der Waals surface area contributed by atoms with Gasteiger partial charge in [0.05, 0.1) is 12.1 Å². The first-order chi connectivity index (χ1) is 12.5. The number of rotatable bonds is 10. The summed E-state index contributed by atoms with van der Waals surface area (Å²) in [5, 5.41) is 3.83. The van der Waals surface area contributed by atoms with Gasteiger partial charge in [-0.3, -0.25) is 4.79 Å². The van der Waals surface area contributed by atoms with Crippen LogP contribution in [0.5, 0.6) is 11.5 Å². The molecular weight excluding hydrogens is 356 g/mol. The van der Waals surface area contributed by atoms with Gasteiger partial charge < -0.3 is 30.3 Å². The van der Waals surface area contributed by atoms with Gasteiger partial charge in [-0.2, -0.15) is 0 Å². The highest BCUT2D eigenvalue weighted by Gasteiger charge is 2.14. The van der Waals surface area contributed by atoms with E-state index in [0.29, 0.717) is 23.1 Å². The van der Waals surface area contributed by atoms with Crippen molar-refractivity contribution in [3.8, 4) is 11.5 Å². The van der Waals surface area contributed by atoms with Crippen molar-refractivity contribution < 1.29 is 14.3 Å². The van der Waals surface area contributed by atoms with Crippen molar-refractivity contribution >= 4 is 17.5 Å². The minimum Gasteiger partial charge on any atom is -0.493 e. The predicted octanol–water partition coefficient (Wildman–Crippen LogP) is 0.940. The van der Waals surface area contributed by atoms with Crippen LogP contribution in [0.1, 0.15) is 12.0 Å². The third-order valence-corrected chi connectivity index (χ3v) is 4.68. The molecule has 1 aromatic carbocycles. The summed E-state index contributed by atoms with van der Waals surface area (Å²) >= 11 is 6.25. The minimum absolute atomic E-state index is 0.236. The van der Waals surface area contributed by atoms with Gasteiger partial charge in [0.1, 0.15) is 0 Å². The second-order valence-corrected chi connectivity index (χ2v) is 6.95. The first-order valence-corrected chi connectivity index (χ1v) is 9.26. The lowest BCUT2D eigenvalue weighted by atomic mass is 10.2. The van der Waals surface area contributed by atoms with Gasteiger partial charge in [0, 0.05) is 32.7 Å². The number of nitrogens with one attached hydrogen (secondary N) is 1. The van der Waals surface area contributed by atoms with E-state index in [1.165, 1.54) is 7.11 Å². The Morgan fingerprint density at radius 2 is 2.04 bits per heavy atom. The molecule has 0 aromatic heterocycles. The number of nitrogens with two attached hydrogens (primary N) is 1. The zero-order valence-corrected chi connectivity index (χ0v) is 16.3. The number of likely N-dealkylation sites (N-methyl/N-ethyl adjacent to an activating group) is 1. The largest absolute Gasteiger partial charge is 0.493 e. The molecule has 0 atom stereocenters. The summed E-state index contributed by atoms with van der Waals surface area (Å²) in [5.74, 6) is 0.272. The minimum atomic E-state index is -0.561. The van der Waals surface area contributed by atoms with Gasteiger partial charge >= 0.3 is 0 Å². The van der Waals surface area contributed by atoms with Crippen LogP contribution in [0.3, 0.4) is 0 Å². The number of methoxy groups -OCH3 is 1. The van der Waals surface area contributed by atoms with E-state index < -0.39 is 5.91 Å². The van der Waals surface area contributed by atoms with Gasteiger partial charge in [-0.25, -0.2) is 0 Å². The molecule has 1 fully saturated rings. The molecule has 1 aromatic rings. The number of benzene rings is 1. The van der Waals surface area contributed by atoms with E-state index in [-0.39, 0.29) is 6.61 Å². The molecule has 8 heteroatoms. The number of amides is 1. The highest BCUT2D eigenvalue weighted by molar-refractivity contribution is 6.32. The quantitative estimate of drug-likeness (QED) is 0.584. The molecule has 3 N–H and O–H groups in total. The molecule has 1 heterocycles. The van der Waals surface area contributed by atoms with Crippen LogP contribution >= 0.6 is 11.6 Å². The molecule has 0 radical (unpaired) electrons. The Morgan fingerprint density at radius 1 is 1.31 bits per heavy atom. The van der Waals surface area contributed by atoms with Crippen LogP contribution in [-0.2, 0) is 11.3 Å². The van der Waals surface area contributed by atoms with Crippen LogP contribution < -0.4 is 20.5 Å². The van der Waals surface area contributed by atoms with Crippen LogP contribution in [-0.4, -0.2) is 75.7 Å². The number of carbonyl (C=O) groups is 1.